The van der Waals surface area contributed by atoms with Gasteiger partial charge in [0.1, 0.15) is 0 Å². The van der Waals surface area contributed by atoms with E-state index in [1.807, 2.05) is 30.3 Å². The Kier molecular flexibility index (Phi) is 3.00. The lowest BCUT2D eigenvalue weighted by Gasteiger charge is -2.14. The zero-order valence-corrected chi connectivity index (χ0v) is 8.66. The van der Waals surface area contributed by atoms with Gasteiger partial charge in [-0.15, -0.1) is 0 Å². The SMILES string of the molecule is CNC(C(F)F)C1CC1c1ccccc1. The molecule has 1 fully saturated rings. The predicted molar refractivity (Wildman–Crippen MR) is 56.1 cm³/mol. The van der Waals surface area contributed by atoms with Gasteiger partial charge in [0.05, 0.1) is 6.04 Å². The number of hydrogen-bond acceptors (Lipinski definition) is 1. The van der Waals surface area contributed by atoms with Crippen LogP contribution in [-0.4, -0.2) is 19.5 Å². The van der Waals surface area contributed by atoms with Gasteiger partial charge in [0.25, 0.3) is 6.43 Å². The summed E-state index contributed by atoms with van der Waals surface area (Å²) in [6, 6.07) is 9.24. The van der Waals surface area contributed by atoms with Crippen LogP contribution in [0.1, 0.15) is 17.9 Å². The van der Waals surface area contributed by atoms with Crippen molar-refractivity contribution in [1.82, 2.24) is 5.32 Å². The molecule has 1 aliphatic carbocycles. The largest absolute Gasteiger partial charge is 0.312 e. The molecule has 1 nitrogen and oxygen atoms in total. The monoisotopic (exact) mass is 211 g/mol. The number of benzene rings is 1. The molecule has 82 valence electrons. The first-order valence-electron chi connectivity index (χ1n) is 5.24. The maximum absolute atomic E-state index is 12.6. The molecule has 1 saturated carbocycles. The van der Waals surface area contributed by atoms with Crippen molar-refractivity contribution in [2.45, 2.75) is 24.8 Å². The normalized spacial score (nSPS) is 26.7. The number of hydrogen-bond donors (Lipinski definition) is 1. The smallest absolute Gasteiger partial charge is 0.253 e. The molecular weight excluding hydrogens is 196 g/mol. The van der Waals surface area contributed by atoms with Gasteiger partial charge >= 0.3 is 0 Å². The van der Waals surface area contributed by atoms with E-state index >= 15 is 0 Å². The summed E-state index contributed by atoms with van der Waals surface area (Å²) in [4.78, 5) is 0. The minimum absolute atomic E-state index is 0.0948. The van der Waals surface area contributed by atoms with Crippen molar-refractivity contribution in [2.24, 2.45) is 5.92 Å². The Morgan fingerprint density at radius 1 is 1.27 bits per heavy atom. The van der Waals surface area contributed by atoms with Crippen LogP contribution in [0, 0.1) is 5.92 Å². The van der Waals surface area contributed by atoms with Crippen LogP contribution < -0.4 is 5.32 Å². The molecule has 1 aromatic rings. The van der Waals surface area contributed by atoms with Crippen molar-refractivity contribution in [3.05, 3.63) is 35.9 Å². The maximum Gasteiger partial charge on any atom is 0.253 e. The van der Waals surface area contributed by atoms with Crippen molar-refractivity contribution in [3.63, 3.8) is 0 Å². The summed E-state index contributed by atoms with van der Waals surface area (Å²) in [5.74, 6) is 0.412. The van der Waals surface area contributed by atoms with Crippen LogP contribution in [0.4, 0.5) is 8.78 Å². The van der Waals surface area contributed by atoms with Gasteiger partial charge in [-0.1, -0.05) is 30.3 Å². The molecule has 3 atom stereocenters. The second-order valence-electron chi connectivity index (χ2n) is 4.07. The quantitative estimate of drug-likeness (QED) is 0.807. The molecule has 0 radical (unpaired) electrons. The lowest BCUT2D eigenvalue weighted by molar-refractivity contribution is 0.0911. The Labute approximate surface area is 88.5 Å². The van der Waals surface area contributed by atoms with Crippen molar-refractivity contribution in [2.75, 3.05) is 7.05 Å². The number of rotatable bonds is 4. The fraction of sp³-hybridized carbons (Fsp3) is 0.500. The van der Waals surface area contributed by atoms with Crippen LogP contribution in [-0.2, 0) is 0 Å². The number of alkyl halides is 2. The Morgan fingerprint density at radius 2 is 1.93 bits per heavy atom. The van der Waals surface area contributed by atoms with E-state index in [1.165, 1.54) is 5.56 Å². The minimum atomic E-state index is -2.27. The number of halogens is 2. The molecule has 0 spiro atoms. The minimum Gasteiger partial charge on any atom is -0.312 e. The molecule has 2 rings (SSSR count). The van der Waals surface area contributed by atoms with Gasteiger partial charge in [0, 0.05) is 0 Å². The van der Waals surface area contributed by atoms with Gasteiger partial charge in [-0.05, 0) is 30.9 Å². The van der Waals surface area contributed by atoms with Gasteiger partial charge in [0.15, 0.2) is 0 Å². The van der Waals surface area contributed by atoms with E-state index < -0.39 is 12.5 Å². The highest BCUT2D eigenvalue weighted by Crippen LogP contribution is 2.50. The van der Waals surface area contributed by atoms with Crippen LogP contribution in [0.5, 0.6) is 0 Å². The van der Waals surface area contributed by atoms with Crippen molar-refractivity contribution < 1.29 is 8.78 Å². The third-order valence-corrected chi connectivity index (χ3v) is 3.13. The molecule has 0 saturated heterocycles. The molecule has 1 aliphatic rings. The Hall–Kier alpha value is -0.960. The standard InChI is InChI=1S/C12H15F2N/c1-15-11(12(13)14)10-7-9(10)8-5-3-2-4-6-8/h2-6,9-12,15H,7H2,1H3. The number of nitrogens with one attached hydrogen (secondary N) is 1. The topological polar surface area (TPSA) is 12.0 Å². The molecule has 0 heterocycles. The molecule has 15 heavy (non-hydrogen) atoms. The molecule has 3 unspecified atom stereocenters. The summed E-state index contributed by atoms with van der Waals surface area (Å²) < 4.78 is 25.2. The van der Waals surface area contributed by atoms with Gasteiger partial charge in [-0.3, -0.25) is 0 Å². The average Bonchev–Trinajstić information content (AvgIpc) is 3.00. The summed E-state index contributed by atoms with van der Waals surface area (Å²) in [6.07, 6.45) is -1.39. The summed E-state index contributed by atoms with van der Waals surface area (Å²) in [6.45, 7) is 0. The molecule has 1 N–H and O–H groups in total. The molecule has 1 aromatic carbocycles. The highest BCUT2D eigenvalue weighted by molar-refractivity contribution is 5.26. The summed E-state index contributed by atoms with van der Waals surface area (Å²) in [7, 11) is 1.61. The van der Waals surface area contributed by atoms with Crippen molar-refractivity contribution >= 4 is 0 Å². The first-order valence-corrected chi connectivity index (χ1v) is 5.24. The first kappa shape index (κ1) is 10.6. The first-order chi connectivity index (χ1) is 7.24. The molecule has 0 amide bonds. The van der Waals surface area contributed by atoms with Crippen LogP contribution >= 0.6 is 0 Å². The van der Waals surface area contributed by atoms with Crippen LogP contribution in [0.25, 0.3) is 0 Å². The maximum atomic E-state index is 12.6. The van der Waals surface area contributed by atoms with Gasteiger partial charge in [-0.2, -0.15) is 0 Å². The molecular formula is C12H15F2N. The van der Waals surface area contributed by atoms with E-state index in [4.69, 9.17) is 0 Å². The van der Waals surface area contributed by atoms with Crippen molar-refractivity contribution in [1.29, 1.82) is 0 Å². The predicted octanol–water partition coefficient (Wildman–Crippen LogP) is 2.64. The lowest BCUT2D eigenvalue weighted by atomic mass is 10.1. The fourth-order valence-electron chi connectivity index (χ4n) is 2.22. The van der Waals surface area contributed by atoms with E-state index in [0.717, 1.165) is 6.42 Å². The van der Waals surface area contributed by atoms with E-state index in [2.05, 4.69) is 5.32 Å². The van der Waals surface area contributed by atoms with E-state index in [9.17, 15) is 8.78 Å². The summed E-state index contributed by atoms with van der Waals surface area (Å²) >= 11 is 0. The fourth-order valence-corrected chi connectivity index (χ4v) is 2.22. The zero-order valence-electron chi connectivity index (χ0n) is 8.66. The highest BCUT2D eigenvalue weighted by atomic mass is 19.3. The third kappa shape index (κ3) is 2.17. The molecule has 0 aromatic heterocycles. The molecule has 3 heteroatoms. The van der Waals surface area contributed by atoms with Gasteiger partial charge in [0.2, 0.25) is 0 Å². The average molecular weight is 211 g/mol. The Balaban J connectivity index is 2.01. The van der Waals surface area contributed by atoms with Crippen LogP contribution in [0.2, 0.25) is 0 Å². The Bertz CT molecular complexity index is 313. The van der Waals surface area contributed by atoms with E-state index in [1.54, 1.807) is 7.05 Å². The third-order valence-electron chi connectivity index (χ3n) is 3.13. The van der Waals surface area contributed by atoms with Gasteiger partial charge in [-0.25, -0.2) is 8.78 Å². The van der Waals surface area contributed by atoms with E-state index in [-0.39, 0.29) is 5.92 Å². The lowest BCUT2D eigenvalue weighted by Crippen LogP contribution is -2.35. The second kappa shape index (κ2) is 4.27. The highest BCUT2D eigenvalue weighted by Gasteiger charge is 2.46. The van der Waals surface area contributed by atoms with Gasteiger partial charge < -0.3 is 5.32 Å². The van der Waals surface area contributed by atoms with Crippen LogP contribution in [0.3, 0.4) is 0 Å². The Morgan fingerprint density at radius 3 is 2.47 bits per heavy atom. The second-order valence-corrected chi connectivity index (χ2v) is 4.07. The van der Waals surface area contributed by atoms with E-state index in [0.29, 0.717) is 5.92 Å². The zero-order chi connectivity index (χ0) is 10.8. The summed E-state index contributed by atoms with van der Waals surface area (Å²) in [5.41, 5.74) is 1.18. The molecule has 0 bridgehead atoms. The molecule has 0 aliphatic heterocycles. The summed E-state index contributed by atoms with van der Waals surface area (Å²) in [5, 5.41) is 2.71. The van der Waals surface area contributed by atoms with Crippen molar-refractivity contribution in [3.8, 4) is 0 Å². The van der Waals surface area contributed by atoms with Crippen LogP contribution in [0.15, 0.2) is 30.3 Å².